The highest BCUT2D eigenvalue weighted by Crippen LogP contribution is 2.40. The van der Waals surface area contributed by atoms with Gasteiger partial charge in [-0.2, -0.15) is 0 Å². The van der Waals surface area contributed by atoms with Crippen LogP contribution < -0.4 is 4.74 Å². The molecule has 9 heteroatoms. The van der Waals surface area contributed by atoms with E-state index in [1.54, 1.807) is 30.3 Å². The monoisotopic (exact) mass is 453 g/mol. The quantitative estimate of drug-likeness (QED) is 0.204. The van der Waals surface area contributed by atoms with E-state index in [9.17, 15) is 24.8 Å². The van der Waals surface area contributed by atoms with E-state index < -0.39 is 22.7 Å². The number of ether oxygens (including phenoxy) is 1. The molecule has 0 radical (unpaired) electrons. The molecule has 1 aliphatic rings. The third kappa shape index (κ3) is 4.88. The number of ketones is 1. The fourth-order valence-electron chi connectivity index (χ4n) is 3.96. The summed E-state index contributed by atoms with van der Waals surface area (Å²) in [5.74, 6) is -1.33. The number of methoxy groups -OCH3 is 1. The average Bonchev–Trinajstić information content (AvgIpc) is 3.09. The number of non-ortho nitro benzene ring substituents is 1. The predicted octanol–water partition coefficient (Wildman–Crippen LogP) is 3.37. The van der Waals surface area contributed by atoms with Crippen molar-refractivity contribution in [3.05, 3.63) is 75.3 Å². The number of rotatable bonds is 9. The lowest BCUT2D eigenvalue weighted by molar-refractivity contribution is -0.384. The molecule has 9 nitrogen and oxygen atoms in total. The van der Waals surface area contributed by atoms with Crippen molar-refractivity contribution in [2.24, 2.45) is 0 Å². The number of likely N-dealkylation sites (N-methyl/N-ethyl adjacent to an activating group) is 1. The normalized spacial score (nSPS) is 17.6. The summed E-state index contributed by atoms with van der Waals surface area (Å²) in [5.41, 5.74) is 0.475. The minimum Gasteiger partial charge on any atom is -0.507 e. The Morgan fingerprint density at radius 3 is 2.39 bits per heavy atom. The van der Waals surface area contributed by atoms with Gasteiger partial charge in [0.05, 0.1) is 23.6 Å². The number of aliphatic hydroxyl groups is 1. The van der Waals surface area contributed by atoms with Crippen LogP contribution in [0.2, 0.25) is 0 Å². The summed E-state index contributed by atoms with van der Waals surface area (Å²) in [6.07, 6.45) is 0. The Balaban J connectivity index is 2.13. The molecule has 1 N–H and O–H groups in total. The van der Waals surface area contributed by atoms with E-state index in [2.05, 4.69) is 4.90 Å². The first-order valence-electron chi connectivity index (χ1n) is 10.7. The molecule has 1 fully saturated rings. The van der Waals surface area contributed by atoms with Gasteiger partial charge in [0.15, 0.2) is 0 Å². The van der Waals surface area contributed by atoms with E-state index in [0.717, 1.165) is 13.1 Å². The molecule has 1 saturated heterocycles. The maximum absolute atomic E-state index is 13.1. The van der Waals surface area contributed by atoms with Crippen LogP contribution in [-0.4, -0.2) is 64.8 Å². The van der Waals surface area contributed by atoms with Crippen LogP contribution in [0.4, 0.5) is 5.69 Å². The Labute approximate surface area is 192 Å². The van der Waals surface area contributed by atoms with E-state index in [-0.39, 0.29) is 23.6 Å². The SMILES string of the molecule is CCN(CC)CCN1C(=O)C(=O)/C(=C(/O)c2ccc(OC)cc2)[C@H]1c1cccc([N+](=O)[O-])c1. The fourth-order valence-corrected chi connectivity index (χ4v) is 3.96. The first-order chi connectivity index (χ1) is 15.8. The van der Waals surface area contributed by atoms with E-state index in [4.69, 9.17) is 4.74 Å². The molecule has 0 aliphatic carbocycles. The summed E-state index contributed by atoms with van der Waals surface area (Å²) in [6, 6.07) is 11.3. The highest BCUT2D eigenvalue weighted by Gasteiger charge is 2.46. The molecule has 2 aromatic rings. The van der Waals surface area contributed by atoms with Crippen molar-refractivity contribution in [1.82, 2.24) is 9.80 Å². The topological polar surface area (TPSA) is 113 Å². The smallest absolute Gasteiger partial charge is 0.295 e. The number of nitro benzene ring substituents is 1. The first-order valence-corrected chi connectivity index (χ1v) is 10.7. The Morgan fingerprint density at radius 1 is 1.15 bits per heavy atom. The van der Waals surface area contributed by atoms with Crippen LogP contribution in [0.25, 0.3) is 5.76 Å². The summed E-state index contributed by atoms with van der Waals surface area (Å²) < 4.78 is 5.14. The summed E-state index contributed by atoms with van der Waals surface area (Å²) in [6.45, 7) is 6.30. The second-order valence-corrected chi connectivity index (χ2v) is 7.60. The van der Waals surface area contributed by atoms with Crippen LogP contribution in [0, 0.1) is 10.1 Å². The summed E-state index contributed by atoms with van der Waals surface area (Å²) >= 11 is 0. The number of amides is 1. The van der Waals surface area contributed by atoms with Crippen LogP contribution in [-0.2, 0) is 9.59 Å². The highest BCUT2D eigenvalue weighted by atomic mass is 16.6. The molecule has 33 heavy (non-hydrogen) atoms. The van der Waals surface area contributed by atoms with Crippen molar-refractivity contribution in [2.75, 3.05) is 33.3 Å². The van der Waals surface area contributed by atoms with Crippen LogP contribution in [0.3, 0.4) is 0 Å². The van der Waals surface area contributed by atoms with Crippen LogP contribution in [0.15, 0.2) is 54.1 Å². The molecule has 0 unspecified atom stereocenters. The van der Waals surface area contributed by atoms with Gasteiger partial charge in [0.1, 0.15) is 11.5 Å². The Hall–Kier alpha value is -3.72. The summed E-state index contributed by atoms with van der Waals surface area (Å²) in [4.78, 5) is 40.4. The molecule has 0 spiro atoms. The number of benzene rings is 2. The second-order valence-electron chi connectivity index (χ2n) is 7.60. The third-order valence-electron chi connectivity index (χ3n) is 5.85. The first kappa shape index (κ1) is 23.9. The molecule has 1 heterocycles. The molecule has 2 aromatic carbocycles. The van der Waals surface area contributed by atoms with Crippen molar-refractivity contribution in [2.45, 2.75) is 19.9 Å². The van der Waals surface area contributed by atoms with Gasteiger partial charge in [0, 0.05) is 30.8 Å². The van der Waals surface area contributed by atoms with E-state index in [1.165, 1.54) is 30.2 Å². The number of nitrogens with zero attached hydrogens (tertiary/aromatic N) is 3. The number of carbonyl (C=O) groups excluding carboxylic acids is 2. The molecule has 1 atom stereocenters. The third-order valence-corrected chi connectivity index (χ3v) is 5.85. The average molecular weight is 453 g/mol. The lowest BCUT2D eigenvalue weighted by atomic mass is 9.95. The molecule has 1 amide bonds. The molecular weight excluding hydrogens is 426 g/mol. The zero-order valence-corrected chi connectivity index (χ0v) is 18.9. The van der Waals surface area contributed by atoms with Crippen molar-refractivity contribution >= 4 is 23.1 Å². The zero-order valence-electron chi connectivity index (χ0n) is 18.9. The van der Waals surface area contributed by atoms with Gasteiger partial charge in [0.2, 0.25) is 0 Å². The summed E-state index contributed by atoms with van der Waals surface area (Å²) in [5, 5.41) is 22.4. The lowest BCUT2D eigenvalue weighted by Gasteiger charge is -2.28. The minimum absolute atomic E-state index is 0.0924. The fraction of sp³-hybridized carbons (Fsp3) is 0.333. The number of hydrogen-bond acceptors (Lipinski definition) is 7. The lowest BCUT2D eigenvalue weighted by Crippen LogP contribution is -2.38. The predicted molar refractivity (Wildman–Crippen MR) is 123 cm³/mol. The van der Waals surface area contributed by atoms with E-state index in [0.29, 0.717) is 23.4 Å². The number of aliphatic hydroxyl groups excluding tert-OH is 1. The van der Waals surface area contributed by atoms with Crippen molar-refractivity contribution < 1.29 is 24.4 Å². The second kappa shape index (κ2) is 10.3. The molecule has 0 bridgehead atoms. The molecule has 0 saturated carbocycles. The van der Waals surface area contributed by atoms with Gasteiger partial charge in [-0.1, -0.05) is 26.0 Å². The number of Topliss-reactive ketones (excluding diaryl/α,β-unsaturated/α-hetero) is 1. The zero-order chi connectivity index (χ0) is 24.1. The van der Waals surface area contributed by atoms with Crippen molar-refractivity contribution in [3.63, 3.8) is 0 Å². The molecule has 1 aliphatic heterocycles. The number of carbonyl (C=O) groups is 2. The van der Waals surface area contributed by atoms with Gasteiger partial charge >= 0.3 is 0 Å². The molecular formula is C24H27N3O6. The van der Waals surface area contributed by atoms with E-state index >= 15 is 0 Å². The Morgan fingerprint density at radius 2 is 1.82 bits per heavy atom. The summed E-state index contributed by atoms with van der Waals surface area (Å²) in [7, 11) is 1.51. The van der Waals surface area contributed by atoms with Crippen molar-refractivity contribution in [3.8, 4) is 5.75 Å². The highest BCUT2D eigenvalue weighted by molar-refractivity contribution is 6.46. The maximum atomic E-state index is 13.1. The Bertz CT molecular complexity index is 1080. The molecule has 0 aromatic heterocycles. The maximum Gasteiger partial charge on any atom is 0.295 e. The van der Waals surface area contributed by atoms with Gasteiger partial charge in [-0.15, -0.1) is 0 Å². The van der Waals surface area contributed by atoms with E-state index in [1.807, 2.05) is 13.8 Å². The molecule has 3 rings (SSSR count). The van der Waals surface area contributed by atoms with Crippen LogP contribution in [0.1, 0.15) is 31.0 Å². The Kier molecular flexibility index (Phi) is 7.44. The van der Waals surface area contributed by atoms with Crippen LogP contribution in [0.5, 0.6) is 5.75 Å². The number of hydrogen-bond donors (Lipinski definition) is 1. The molecule has 174 valence electrons. The van der Waals surface area contributed by atoms with Gasteiger partial charge in [0.25, 0.3) is 17.4 Å². The number of nitro groups is 1. The van der Waals surface area contributed by atoms with Gasteiger partial charge in [-0.3, -0.25) is 19.7 Å². The largest absolute Gasteiger partial charge is 0.507 e. The van der Waals surface area contributed by atoms with Gasteiger partial charge in [-0.05, 0) is 42.9 Å². The van der Waals surface area contributed by atoms with Gasteiger partial charge in [-0.25, -0.2) is 0 Å². The van der Waals surface area contributed by atoms with Gasteiger partial charge < -0.3 is 19.6 Å². The van der Waals surface area contributed by atoms with Crippen molar-refractivity contribution in [1.29, 1.82) is 0 Å². The van der Waals surface area contributed by atoms with Crippen LogP contribution >= 0.6 is 0 Å². The number of likely N-dealkylation sites (tertiary alicyclic amines) is 1. The minimum atomic E-state index is -0.942. The standard InChI is InChI=1S/C24H27N3O6/c1-4-25(5-2)13-14-26-21(17-7-6-8-18(15-17)27(31)32)20(23(29)24(26)30)22(28)16-9-11-19(33-3)12-10-16/h6-12,15,21,28H,4-5,13-14H2,1-3H3/b22-20+/t21-/m1/s1.